The normalized spacial score (nSPS) is 16.1. The quantitative estimate of drug-likeness (QED) is 0.379. The van der Waals surface area contributed by atoms with Crippen LogP contribution in [0.1, 0.15) is 31.2 Å². The van der Waals surface area contributed by atoms with Crippen LogP contribution >= 0.6 is 11.6 Å². The molecule has 2 rings (SSSR count). The van der Waals surface area contributed by atoms with Gasteiger partial charge in [0.15, 0.2) is 5.84 Å². The first kappa shape index (κ1) is 15.6. The van der Waals surface area contributed by atoms with E-state index in [9.17, 15) is 4.79 Å². The van der Waals surface area contributed by atoms with Crippen molar-refractivity contribution in [3.8, 4) is 0 Å². The maximum Gasteiger partial charge on any atom is 0.227 e. The molecule has 1 aromatic rings. The molecule has 0 saturated heterocycles. The zero-order valence-corrected chi connectivity index (χ0v) is 12.6. The van der Waals surface area contributed by atoms with Crippen LogP contribution in [-0.4, -0.2) is 34.4 Å². The summed E-state index contributed by atoms with van der Waals surface area (Å²) in [5.74, 6) is 0.0576. The Kier molecular flexibility index (Phi) is 5.44. The van der Waals surface area contributed by atoms with Crippen molar-refractivity contribution in [3.05, 3.63) is 34.9 Å². The van der Waals surface area contributed by atoms with Gasteiger partial charge < -0.3 is 15.8 Å². The molecule has 1 saturated carbocycles. The lowest BCUT2D eigenvalue weighted by atomic mass is 10.1. The lowest BCUT2D eigenvalue weighted by Gasteiger charge is -2.28. The van der Waals surface area contributed by atoms with E-state index in [0.29, 0.717) is 11.4 Å². The minimum absolute atomic E-state index is 0.00387. The molecule has 21 heavy (non-hydrogen) atoms. The summed E-state index contributed by atoms with van der Waals surface area (Å²) in [5, 5.41) is 12.4. The van der Waals surface area contributed by atoms with E-state index in [0.717, 1.165) is 31.2 Å². The first-order valence-electron chi connectivity index (χ1n) is 7.10. The molecule has 0 heterocycles. The number of hydrogen-bond donors (Lipinski definition) is 2. The van der Waals surface area contributed by atoms with E-state index in [2.05, 4.69) is 5.16 Å². The third-order valence-electron chi connectivity index (χ3n) is 3.82. The highest BCUT2D eigenvalue weighted by atomic mass is 35.5. The molecule has 6 heteroatoms. The lowest BCUT2D eigenvalue weighted by Crippen LogP contribution is -2.44. The zero-order chi connectivity index (χ0) is 15.2. The summed E-state index contributed by atoms with van der Waals surface area (Å²) in [4.78, 5) is 14.3. The molecule has 0 atom stereocenters. The molecule has 3 N–H and O–H groups in total. The van der Waals surface area contributed by atoms with Gasteiger partial charge in [-0.2, -0.15) is 0 Å². The van der Waals surface area contributed by atoms with E-state index in [1.807, 2.05) is 12.1 Å². The van der Waals surface area contributed by atoms with Crippen LogP contribution in [0.15, 0.2) is 29.4 Å². The number of halogens is 1. The number of carbonyl (C=O) groups is 1. The number of nitrogens with two attached hydrogens (primary N) is 1. The maximum atomic E-state index is 12.5. The predicted molar refractivity (Wildman–Crippen MR) is 82.5 cm³/mol. The first-order valence-corrected chi connectivity index (χ1v) is 7.48. The van der Waals surface area contributed by atoms with Gasteiger partial charge in [-0.05, 0) is 30.5 Å². The second kappa shape index (κ2) is 7.31. The van der Waals surface area contributed by atoms with Crippen molar-refractivity contribution < 1.29 is 10.0 Å². The van der Waals surface area contributed by atoms with Gasteiger partial charge >= 0.3 is 0 Å². The van der Waals surface area contributed by atoms with Crippen molar-refractivity contribution in [2.75, 3.05) is 6.54 Å². The van der Waals surface area contributed by atoms with E-state index in [1.54, 1.807) is 17.0 Å². The summed E-state index contributed by atoms with van der Waals surface area (Å²) in [6.45, 7) is 0.174. The van der Waals surface area contributed by atoms with Crippen molar-refractivity contribution in [1.29, 1.82) is 0 Å². The third-order valence-corrected chi connectivity index (χ3v) is 4.07. The van der Waals surface area contributed by atoms with Crippen molar-refractivity contribution >= 4 is 23.3 Å². The standard InChI is InChI=1S/C15H20ClN3O2/c16-12-7-5-11(6-8-12)9-15(20)19(10-14(17)18-21)13-3-1-2-4-13/h5-8,13,21H,1-4,9-10H2,(H2,17,18). The summed E-state index contributed by atoms with van der Waals surface area (Å²) in [6, 6.07) is 7.42. The van der Waals surface area contributed by atoms with Gasteiger partial charge in [0, 0.05) is 11.1 Å². The number of nitrogens with zero attached hydrogens (tertiary/aromatic N) is 2. The van der Waals surface area contributed by atoms with E-state index in [4.69, 9.17) is 22.5 Å². The average Bonchev–Trinajstić information content (AvgIpc) is 3.00. The molecule has 1 aliphatic carbocycles. The van der Waals surface area contributed by atoms with Crippen LogP contribution in [0.25, 0.3) is 0 Å². The molecular formula is C15H20ClN3O2. The van der Waals surface area contributed by atoms with Gasteiger partial charge in [-0.15, -0.1) is 0 Å². The highest BCUT2D eigenvalue weighted by Crippen LogP contribution is 2.24. The van der Waals surface area contributed by atoms with Crippen molar-refractivity contribution in [1.82, 2.24) is 4.90 Å². The van der Waals surface area contributed by atoms with Crippen molar-refractivity contribution in [2.24, 2.45) is 10.9 Å². The van der Waals surface area contributed by atoms with Crippen LogP contribution in [0, 0.1) is 0 Å². The molecule has 0 bridgehead atoms. The van der Waals surface area contributed by atoms with Gasteiger partial charge in [0.1, 0.15) is 0 Å². The summed E-state index contributed by atoms with van der Waals surface area (Å²) in [5.41, 5.74) is 6.49. The Morgan fingerprint density at radius 2 is 1.95 bits per heavy atom. The highest BCUT2D eigenvalue weighted by molar-refractivity contribution is 6.30. The van der Waals surface area contributed by atoms with Gasteiger partial charge in [0.25, 0.3) is 0 Å². The number of carbonyl (C=O) groups excluding carboxylic acids is 1. The summed E-state index contributed by atoms with van der Waals surface area (Å²) >= 11 is 5.85. The Balaban J connectivity index is 2.07. The number of benzene rings is 1. The first-order chi connectivity index (χ1) is 10.1. The van der Waals surface area contributed by atoms with Crippen molar-refractivity contribution in [2.45, 2.75) is 38.1 Å². The number of amides is 1. The third kappa shape index (κ3) is 4.36. The summed E-state index contributed by atoms with van der Waals surface area (Å²) in [7, 11) is 0. The molecule has 5 nitrogen and oxygen atoms in total. The highest BCUT2D eigenvalue weighted by Gasteiger charge is 2.27. The van der Waals surface area contributed by atoms with Gasteiger partial charge in [-0.3, -0.25) is 4.79 Å². The summed E-state index contributed by atoms with van der Waals surface area (Å²) in [6.07, 6.45) is 4.49. The van der Waals surface area contributed by atoms with Crippen LogP contribution in [0.4, 0.5) is 0 Å². The van der Waals surface area contributed by atoms with Gasteiger partial charge in [-0.1, -0.05) is 41.7 Å². The second-order valence-corrected chi connectivity index (χ2v) is 5.79. The fraction of sp³-hybridized carbons (Fsp3) is 0.467. The smallest absolute Gasteiger partial charge is 0.227 e. The molecule has 0 aromatic heterocycles. The second-order valence-electron chi connectivity index (χ2n) is 5.35. The number of rotatable bonds is 5. The molecule has 114 valence electrons. The van der Waals surface area contributed by atoms with Crippen LogP contribution in [-0.2, 0) is 11.2 Å². The Morgan fingerprint density at radius 3 is 2.52 bits per heavy atom. The average molecular weight is 310 g/mol. The SMILES string of the molecule is NC(CN(C(=O)Cc1ccc(Cl)cc1)C1CCCC1)=NO. The van der Waals surface area contributed by atoms with E-state index in [-0.39, 0.29) is 24.3 Å². The number of amidine groups is 1. The van der Waals surface area contributed by atoms with Crippen LogP contribution in [0.2, 0.25) is 5.02 Å². The fourth-order valence-electron chi connectivity index (χ4n) is 2.72. The van der Waals surface area contributed by atoms with E-state index >= 15 is 0 Å². The van der Waals surface area contributed by atoms with Crippen LogP contribution in [0.5, 0.6) is 0 Å². The molecule has 1 aliphatic rings. The molecule has 0 spiro atoms. The Morgan fingerprint density at radius 1 is 1.33 bits per heavy atom. The van der Waals surface area contributed by atoms with Crippen molar-refractivity contribution in [3.63, 3.8) is 0 Å². The molecule has 1 amide bonds. The fourth-order valence-corrected chi connectivity index (χ4v) is 2.85. The number of hydrogen-bond acceptors (Lipinski definition) is 3. The molecule has 0 unspecified atom stereocenters. The topological polar surface area (TPSA) is 78.9 Å². The Labute approximate surface area is 129 Å². The van der Waals surface area contributed by atoms with Gasteiger partial charge in [-0.25, -0.2) is 0 Å². The largest absolute Gasteiger partial charge is 0.409 e. The lowest BCUT2D eigenvalue weighted by molar-refractivity contribution is -0.131. The minimum atomic E-state index is -0.00387. The minimum Gasteiger partial charge on any atom is -0.409 e. The van der Waals surface area contributed by atoms with E-state index < -0.39 is 0 Å². The van der Waals surface area contributed by atoms with E-state index in [1.165, 1.54) is 0 Å². The molecular weight excluding hydrogens is 290 g/mol. The van der Waals surface area contributed by atoms with Gasteiger partial charge in [0.2, 0.25) is 5.91 Å². The maximum absolute atomic E-state index is 12.5. The molecule has 1 aromatic carbocycles. The number of oxime groups is 1. The molecule has 1 fully saturated rings. The zero-order valence-electron chi connectivity index (χ0n) is 11.8. The van der Waals surface area contributed by atoms with Crippen LogP contribution in [0.3, 0.4) is 0 Å². The van der Waals surface area contributed by atoms with Gasteiger partial charge in [0.05, 0.1) is 13.0 Å². The summed E-state index contributed by atoms with van der Waals surface area (Å²) < 4.78 is 0. The predicted octanol–water partition coefficient (Wildman–Crippen LogP) is 2.40. The van der Waals surface area contributed by atoms with Crippen LogP contribution < -0.4 is 5.73 Å². The monoisotopic (exact) mass is 309 g/mol. The Bertz CT molecular complexity index is 510. The Hall–Kier alpha value is -1.75. The molecule has 0 aliphatic heterocycles. The molecule has 0 radical (unpaired) electrons.